The van der Waals surface area contributed by atoms with Gasteiger partial charge in [0.2, 0.25) is 16.0 Å². The molecule has 0 saturated carbocycles. The molecule has 20 heavy (non-hydrogen) atoms. The maximum absolute atomic E-state index is 12.3. The Morgan fingerprint density at radius 3 is 2.25 bits per heavy atom. The zero-order valence-corrected chi connectivity index (χ0v) is 12.1. The number of aryl methyl sites for hydroxylation is 1. The molecule has 7 heteroatoms. The predicted octanol–water partition coefficient (Wildman–Crippen LogP) is 1.19. The number of rotatable bonds is 4. The third kappa shape index (κ3) is 3.12. The lowest BCUT2D eigenvalue weighted by Crippen LogP contribution is -2.26. The second-order valence-corrected chi connectivity index (χ2v) is 6.57. The lowest BCUT2D eigenvalue weighted by Gasteiger charge is -2.17. The third-order valence-corrected chi connectivity index (χ3v) is 4.64. The van der Waals surface area contributed by atoms with Gasteiger partial charge in [0.25, 0.3) is 0 Å². The number of nitrogens with zero attached hydrogens (tertiary/aromatic N) is 3. The first kappa shape index (κ1) is 14.4. The third-order valence-electron chi connectivity index (χ3n) is 2.88. The first-order valence-electron chi connectivity index (χ1n) is 5.99. The Bertz CT molecular complexity index is 681. The minimum Gasteiger partial charge on any atom is -0.368 e. The molecule has 1 aromatic carbocycles. The van der Waals surface area contributed by atoms with Gasteiger partial charge in [-0.3, -0.25) is 0 Å². The summed E-state index contributed by atoms with van der Waals surface area (Å²) >= 11 is 0. The molecule has 1 heterocycles. The van der Waals surface area contributed by atoms with Crippen LogP contribution in [0.15, 0.2) is 41.6 Å². The lowest BCUT2D eigenvalue weighted by atomic mass is 10.1. The van der Waals surface area contributed by atoms with E-state index >= 15 is 0 Å². The van der Waals surface area contributed by atoms with Gasteiger partial charge in [-0.05, 0) is 12.5 Å². The number of benzene rings is 1. The molecule has 1 aromatic heterocycles. The summed E-state index contributed by atoms with van der Waals surface area (Å²) in [7, 11) is -2.09. The fourth-order valence-corrected chi connectivity index (χ4v) is 2.73. The Labute approximate surface area is 118 Å². The van der Waals surface area contributed by atoms with Gasteiger partial charge in [-0.25, -0.2) is 18.4 Å². The van der Waals surface area contributed by atoms with E-state index < -0.39 is 10.0 Å². The Kier molecular flexibility index (Phi) is 4.01. The molecule has 0 unspecified atom stereocenters. The number of hydrogen-bond donors (Lipinski definition) is 1. The minimum atomic E-state index is -3.61. The summed E-state index contributed by atoms with van der Waals surface area (Å²) in [5, 5.41) is 0. The average molecular weight is 292 g/mol. The Morgan fingerprint density at radius 2 is 1.70 bits per heavy atom. The van der Waals surface area contributed by atoms with Gasteiger partial charge in [-0.15, -0.1) is 0 Å². The normalized spacial score (nSPS) is 11.8. The van der Waals surface area contributed by atoms with Crippen molar-refractivity contribution < 1.29 is 8.42 Å². The van der Waals surface area contributed by atoms with Crippen molar-refractivity contribution in [2.45, 2.75) is 18.4 Å². The molecule has 0 fully saturated rings. The van der Waals surface area contributed by atoms with Crippen LogP contribution in [0.3, 0.4) is 0 Å². The van der Waals surface area contributed by atoms with Gasteiger partial charge in [0, 0.05) is 13.6 Å². The van der Waals surface area contributed by atoms with Crippen LogP contribution in [0.5, 0.6) is 0 Å². The Balaban J connectivity index is 2.21. The van der Waals surface area contributed by atoms with Gasteiger partial charge >= 0.3 is 0 Å². The van der Waals surface area contributed by atoms with Crippen LogP contribution in [0.1, 0.15) is 11.1 Å². The molecule has 0 amide bonds. The van der Waals surface area contributed by atoms with Crippen molar-refractivity contribution in [3.8, 4) is 0 Å². The van der Waals surface area contributed by atoms with E-state index in [4.69, 9.17) is 5.73 Å². The number of hydrogen-bond acceptors (Lipinski definition) is 5. The fourth-order valence-electron chi connectivity index (χ4n) is 1.67. The van der Waals surface area contributed by atoms with Crippen molar-refractivity contribution >= 4 is 16.0 Å². The van der Waals surface area contributed by atoms with Gasteiger partial charge in [0.05, 0.1) is 12.4 Å². The highest BCUT2D eigenvalue weighted by Crippen LogP contribution is 2.15. The molecule has 0 saturated heterocycles. The molecule has 0 aliphatic carbocycles. The quantitative estimate of drug-likeness (QED) is 0.914. The van der Waals surface area contributed by atoms with Crippen LogP contribution < -0.4 is 5.73 Å². The molecule has 0 bridgehead atoms. The smallest absolute Gasteiger partial charge is 0.246 e. The highest BCUT2D eigenvalue weighted by molar-refractivity contribution is 7.89. The van der Waals surface area contributed by atoms with Gasteiger partial charge in [0.15, 0.2) is 0 Å². The van der Waals surface area contributed by atoms with Crippen LogP contribution >= 0.6 is 0 Å². The highest BCUT2D eigenvalue weighted by atomic mass is 32.2. The average Bonchev–Trinajstić information content (AvgIpc) is 2.42. The summed E-state index contributed by atoms with van der Waals surface area (Å²) in [4.78, 5) is 7.44. The number of aromatic nitrogens is 2. The number of anilines is 1. The molecule has 0 spiro atoms. The van der Waals surface area contributed by atoms with Crippen molar-refractivity contribution in [2.75, 3.05) is 12.8 Å². The van der Waals surface area contributed by atoms with E-state index in [0.717, 1.165) is 11.1 Å². The summed E-state index contributed by atoms with van der Waals surface area (Å²) < 4.78 is 25.9. The topological polar surface area (TPSA) is 89.2 Å². The first-order chi connectivity index (χ1) is 9.39. The van der Waals surface area contributed by atoms with E-state index in [1.165, 1.54) is 23.7 Å². The van der Waals surface area contributed by atoms with Crippen LogP contribution in [0.4, 0.5) is 5.95 Å². The largest absolute Gasteiger partial charge is 0.368 e. The van der Waals surface area contributed by atoms with Crippen molar-refractivity contribution in [1.82, 2.24) is 14.3 Å². The zero-order valence-electron chi connectivity index (χ0n) is 11.3. The van der Waals surface area contributed by atoms with E-state index in [-0.39, 0.29) is 17.4 Å². The molecule has 0 aliphatic heterocycles. The molecule has 2 aromatic rings. The van der Waals surface area contributed by atoms with Crippen molar-refractivity contribution in [3.63, 3.8) is 0 Å². The van der Waals surface area contributed by atoms with Crippen LogP contribution in [-0.4, -0.2) is 29.7 Å². The number of nitrogens with two attached hydrogens (primary N) is 1. The van der Waals surface area contributed by atoms with Crippen LogP contribution in [-0.2, 0) is 16.6 Å². The maximum atomic E-state index is 12.3. The lowest BCUT2D eigenvalue weighted by molar-refractivity contribution is 0.466. The molecular weight excluding hydrogens is 276 g/mol. The molecule has 0 atom stereocenters. The molecular formula is C13H16N4O2S. The number of sulfonamides is 1. The summed E-state index contributed by atoms with van der Waals surface area (Å²) in [5.74, 6) is 0.0464. The minimum absolute atomic E-state index is 0.0290. The second kappa shape index (κ2) is 5.56. The van der Waals surface area contributed by atoms with E-state index in [0.29, 0.717) is 0 Å². The van der Waals surface area contributed by atoms with Crippen LogP contribution in [0, 0.1) is 6.92 Å². The van der Waals surface area contributed by atoms with Gasteiger partial charge in [-0.1, -0.05) is 29.8 Å². The van der Waals surface area contributed by atoms with Gasteiger partial charge in [0.1, 0.15) is 4.90 Å². The summed E-state index contributed by atoms with van der Waals surface area (Å²) in [6.07, 6.45) is 2.42. The van der Waals surface area contributed by atoms with Crippen molar-refractivity contribution in [2.24, 2.45) is 0 Å². The van der Waals surface area contributed by atoms with Crippen molar-refractivity contribution in [3.05, 3.63) is 47.8 Å². The fraction of sp³-hybridized carbons (Fsp3) is 0.231. The summed E-state index contributed by atoms with van der Waals surface area (Å²) in [5.41, 5.74) is 7.40. The standard InChI is InChI=1S/C13H16N4O2S/c1-10-3-5-11(6-4-10)9-17(2)20(18,19)12-7-15-13(14)16-8-12/h3-8H,9H2,1-2H3,(H2,14,15,16). The first-order valence-corrected chi connectivity index (χ1v) is 7.43. The SMILES string of the molecule is Cc1ccc(CN(C)S(=O)(=O)c2cnc(N)nc2)cc1. The second-order valence-electron chi connectivity index (χ2n) is 4.52. The molecule has 2 rings (SSSR count). The predicted molar refractivity (Wildman–Crippen MR) is 76.3 cm³/mol. The van der Waals surface area contributed by atoms with Gasteiger partial charge < -0.3 is 5.73 Å². The van der Waals surface area contributed by atoms with E-state index in [9.17, 15) is 8.42 Å². The van der Waals surface area contributed by atoms with Crippen molar-refractivity contribution in [1.29, 1.82) is 0 Å². The molecule has 6 nitrogen and oxygen atoms in total. The summed E-state index contributed by atoms with van der Waals surface area (Å²) in [6.45, 7) is 2.27. The summed E-state index contributed by atoms with van der Waals surface area (Å²) in [6, 6.07) is 7.70. The monoisotopic (exact) mass is 292 g/mol. The molecule has 2 N–H and O–H groups in total. The van der Waals surface area contributed by atoms with Crippen LogP contribution in [0.2, 0.25) is 0 Å². The van der Waals surface area contributed by atoms with E-state index in [1.807, 2.05) is 31.2 Å². The Hall–Kier alpha value is -1.99. The zero-order chi connectivity index (χ0) is 14.8. The van der Waals surface area contributed by atoms with E-state index in [2.05, 4.69) is 9.97 Å². The molecule has 0 radical (unpaired) electrons. The van der Waals surface area contributed by atoms with Crippen LogP contribution in [0.25, 0.3) is 0 Å². The maximum Gasteiger partial charge on any atom is 0.246 e. The van der Waals surface area contributed by atoms with Gasteiger partial charge in [-0.2, -0.15) is 4.31 Å². The highest BCUT2D eigenvalue weighted by Gasteiger charge is 2.21. The number of nitrogen functional groups attached to an aromatic ring is 1. The van der Waals surface area contributed by atoms with E-state index in [1.54, 1.807) is 0 Å². The molecule has 106 valence electrons. The Morgan fingerprint density at radius 1 is 1.15 bits per heavy atom. The molecule has 0 aliphatic rings.